The Labute approximate surface area is 127 Å². The van der Waals surface area contributed by atoms with Crippen LogP contribution in [0.25, 0.3) is 0 Å². The van der Waals surface area contributed by atoms with Crippen molar-refractivity contribution in [2.45, 2.75) is 6.42 Å². The van der Waals surface area contributed by atoms with Gasteiger partial charge in [0.05, 0.1) is 12.8 Å². The molecule has 0 atom stereocenters. The Morgan fingerprint density at radius 2 is 2.05 bits per heavy atom. The predicted octanol–water partition coefficient (Wildman–Crippen LogP) is 2.74. The number of anilines is 2. The van der Waals surface area contributed by atoms with Crippen LogP contribution in [0.5, 0.6) is 5.75 Å². The molecule has 2 aromatic rings. The van der Waals surface area contributed by atoms with Gasteiger partial charge in [-0.1, -0.05) is 18.2 Å². The Balaban J connectivity index is 2.08. The number of methoxy groups -OCH3 is 1. The Hall–Kier alpha value is -2.70. The highest BCUT2D eigenvalue weighted by molar-refractivity contribution is 7.17. The molecule has 0 spiro atoms. The van der Waals surface area contributed by atoms with Crippen LogP contribution < -0.4 is 15.8 Å². The second-order valence-electron chi connectivity index (χ2n) is 4.26. The van der Waals surface area contributed by atoms with Crippen LogP contribution in [0.15, 0.2) is 24.3 Å². The van der Waals surface area contributed by atoms with Crippen LogP contribution in [0, 0.1) is 22.7 Å². The van der Waals surface area contributed by atoms with Crippen LogP contribution in [0.3, 0.4) is 0 Å². The molecule has 106 valence electrons. The summed E-state index contributed by atoms with van der Waals surface area (Å²) >= 11 is 1.20. The van der Waals surface area contributed by atoms with Crippen molar-refractivity contribution in [2.24, 2.45) is 0 Å². The van der Waals surface area contributed by atoms with Gasteiger partial charge in [-0.25, -0.2) is 0 Å². The molecule has 1 aromatic heterocycles. The standard InChI is InChI=1S/C15H14N4OS/c1-20-12-5-3-2-4-10(12)6-7-19-15-11(8-16)14(18)13(9-17)21-15/h2-5,19H,6-7,18H2,1H3. The average molecular weight is 298 g/mol. The van der Waals surface area contributed by atoms with Gasteiger partial charge in [0.15, 0.2) is 0 Å². The van der Waals surface area contributed by atoms with Crippen LogP contribution in [-0.4, -0.2) is 13.7 Å². The molecule has 2 rings (SSSR count). The van der Waals surface area contributed by atoms with Gasteiger partial charge in [-0.05, 0) is 18.1 Å². The second-order valence-corrected chi connectivity index (χ2v) is 5.28. The van der Waals surface area contributed by atoms with Crippen LogP contribution >= 0.6 is 11.3 Å². The van der Waals surface area contributed by atoms with Crippen molar-refractivity contribution in [1.82, 2.24) is 0 Å². The molecule has 5 nitrogen and oxygen atoms in total. The van der Waals surface area contributed by atoms with E-state index < -0.39 is 0 Å². The number of thiophene rings is 1. The minimum Gasteiger partial charge on any atom is -0.496 e. The van der Waals surface area contributed by atoms with Crippen molar-refractivity contribution < 1.29 is 4.74 Å². The Morgan fingerprint density at radius 3 is 2.71 bits per heavy atom. The summed E-state index contributed by atoms with van der Waals surface area (Å²) in [5.74, 6) is 0.836. The molecule has 0 saturated heterocycles. The SMILES string of the molecule is COc1ccccc1CCNc1sc(C#N)c(N)c1C#N. The molecular formula is C15H14N4OS. The molecule has 21 heavy (non-hydrogen) atoms. The van der Waals surface area contributed by atoms with E-state index in [-0.39, 0.29) is 5.69 Å². The number of nitrogens with one attached hydrogen (secondary N) is 1. The van der Waals surface area contributed by atoms with E-state index in [1.807, 2.05) is 36.4 Å². The van der Waals surface area contributed by atoms with Gasteiger partial charge in [0.2, 0.25) is 0 Å². The van der Waals surface area contributed by atoms with E-state index in [9.17, 15) is 0 Å². The zero-order chi connectivity index (χ0) is 15.2. The number of nitriles is 2. The summed E-state index contributed by atoms with van der Waals surface area (Å²) < 4.78 is 5.29. The maximum atomic E-state index is 9.11. The first-order valence-corrected chi connectivity index (χ1v) is 7.11. The maximum absolute atomic E-state index is 9.11. The van der Waals surface area contributed by atoms with Crippen molar-refractivity contribution in [3.05, 3.63) is 40.3 Å². The number of benzene rings is 1. The first-order chi connectivity index (χ1) is 10.2. The minimum atomic E-state index is 0.254. The second kappa shape index (κ2) is 6.65. The number of rotatable bonds is 5. The topological polar surface area (TPSA) is 94.9 Å². The van der Waals surface area contributed by atoms with Gasteiger partial charge in [0, 0.05) is 6.54 Å². The number of para-hydroxylation sites is 1. The first kappa shape index (κ1) is 14.7. The fourth-order valence-electron chi connectivity index (χ4n) is 1.98. The summed E-state index contributed by atoms with van der Waals surface area (Å²) in [6.07, 6.45) is 0.745. The number of nitrogens with zero attached hydrogens (tertiary/aromatic N) is 2. The third-order valence-corrected chi connectivity index (χ3v) is 4.10. The van der Waals surface area contributed by atoms with Gasteiger partial charge >= 0.3 is 0 Å². The van der Waals surface area contributed by atoms with E-state index >= 15 is 0 Å². The lowest BCUT2D eigenvalue weighted by atomic mass is 10.1. The fourth-order valence-corrected chi connectivity index (χ4v) is 2.88. The van der Waals surface area contributed by atoms with Crippen LogP contribution in [0.4, 0.5) is 10.7 Å². The van der Waals surface area contributed by atoms with Gasteiger partial charge in [-0.2, -0.15) is 10.5 Å². The number of hydrogen-bond donors (Lipinski definition) is 2. The number of hydrogen-bond acceptors (Lipinski definition) is 6. The molecule has 0 fully saturated rings. The largest absolute Gasteiger partial charge is 0.496 e. The molecule has 0 unspecified atom stereocenters. The zero-order valence-electron chi connectivity index (χ0n) is 11.5. The molecule has 0 aliphatic carbocycles. The third-order valence-electron chi connectivity index (χ3n) is 3.03. The molecule has 0 bridgehead atoms. The van der Waals surface area contributed by atoms with Gasteiger partial charge < -0.3 is 15.8 Å². The summed E-state index contributed by atoms with van der Waals surface area (Å²) in [6, 6.07) is 11.8. The van der Waals surface area contributed by atoms with E-state index in [1.54, 1.807) is 7.11 Å². The smallest absolute Gasteiger partial charge is 0.131 e. The van der Waals surface area contributed by atoms with Gasteiger partial charge in [-0.3, -0.25) is 0 Å². The fraction of sp³-hybridized carbons (Fsp3) is 0.200. The van der Waals surface area contributed by atoms with E-state index in [1.165, 1.54) is 11.3 Å². The number of ether oxygens (including phenoxy) is 1. The predicted molar refractivity (Wildman–Crippen MR) is 83.3 cm³/mol. The van der Waals surface area contributed by atoms with Gasteiger partial charge in [0.25, 0.3) is 0 Å². The van der Waals surface area contributed by atoms with Crippen LogP contribution in [-0.2, 0) is 6.42 Å². The van der Waals surface area contributed by atoms with E-state index in [0.717, 1.165) is 17.7 Å². The normalized spacial score (nSPS) is 9.67. The lowest BCUT2D eigenvalue weighted by Crippen LogP contribution is -2.06. The molecule has 1 heterocycles. The highest BCUT2D eigenvalue weighted by atomic mass is 32.1. The van der Waals surface area contributed by atoms with Crippen molar-refractivity contribution in [2.75, 3.05) is 24.7 Å². The highest BCUT2D eigenvalue weighted by Gasteiger charge is 2.15. The summed E-state index contributed by atoms with van der Waals surface area (Å²) in [4.78, 5) is 0.367. The molecule has 3 N–H and O–H groups in total. The molecule has 0 aliphatic heterocycles. The number of nitrogen functional groups attached to an aromatic ring is 1. The summed E-state index contributed by atoms with van der Waals surface area (Å²) in [6.45, 7) is 0.625. The van der Waals surface area contributed by atoms with Crippen molar-refractivity contribution in [1.29, 1.82) is 10.5 Å². The Bertz CT molecular complexity index is 724. The lowest BCUT2D eigenvalue weighted by molar-refractivity contribution is 0.410. The quantitative estimate of drug-likeness (QED) is 0.885. The van der Waals surface area contributed by atoms with E-state index in [2.05, 4.69) is 5.32 Å². The molecule has 0 aliphatic rings. The molecule has 1 aromatic carbocycles. The zero-order valence-corrected chi connectivity index (χ0v) is 12.3. The van der Waals surface area contributed by atoms with Crippen LogP contribution in [0.2, 0.25) is 0 Å². The lowest BCUT2D eigenvalue weighted by Gasteiger charge is -2.09. The average Bonchev–Trinajstić information content (AvgIpc) is 2.83. The Kier molecular flexibility index (Phi) is 4.65. The molecule has 0 saturated carbocycles. The van der Waals surface area contributed by atoms with E-state index in [4.69, 9.17) is 21.0 Å². The van der Waals surface area contributed by atoms with Gasteiger partial charge in [-0.15, -0.1) is 11.3 Å². The van der Waals surface area contributed by atoms with Crippen molar-refractivity contribution in [3.8, 4) is 17.9 Å². The van der Waals surface area contributed by atoms with Crippen LogP contribution in [0.1, 0.15) is 16.0 Å². The third kappa shape index (κ3) is 3.07. The van der Waals surface area contributed by atoms with E-state index in [0.29, 0.717) is 22.0 Å². The summed E-state index contributed by atoms with van der Waals surface area (Å²) in [5, 5.41) is 21.9. The minimum absolute atomic E-state index is 0.254. The van der Waals surface area contributed by atoms with Crippen molar-refractivity contribution in [3.63, 3.8) is 0 Å². The maximum Gasteiger partial charge on any atom is 0.131 e. The highest BCUT2D eigenvalue weighted by Crippen LogP contribution is 2.34. The first-order valence-electron chi connectivity index (χ1n) is 6.29. The molecular weight excluding hydrogens is 284 g/mol. The Morgan fingerprint density at radius 1 is 1.29 bits per heavy atom. The summed E-state index contributed by atoms with van der Waals surface area (Å²) in [5.41, 5.74) is 7.44. The van der Waals surface area contributed by atoms with Gasteiger partial charge in [0.1, 0.15) is 33.3 Å². The molecule has 0 radical (unpaired) electrons. The summed E-state index contributed by atoms with van der Waals surface area (Å²) in [7, 11) is 1.64. The molecule has 0 amide bonds. The number of nitrogens with two attached hydrogens (primary N) is 1. The monoisotopic (exact) mass is 298 g/mol. The van der Waals surface area contributed by atoms with Crippen molar-refractivity contribution >= 4 is 22.0 Å². The molecule has 6 heteroatoms.